The molecule has 1 N–H and O–H groups in total. The molecule has 0 aliphatic rings. The van der Waals surface area contributed by atoms with Crippen molar-refractivity contribution in [1.82, 2.24) is 0 Å². The van der Waals surface area contributed by atoms with E-state index in [1.165, 1.54) is 0 Å². The Bertz CT molecular complexity index is 649. The van der Waals surface area contributed by atoms with Crippen molar-refractivity contribution in [3.05, 3.63) is 60.2 Å². The molecule has 100 valence electrons. The number of benzene rings is 2. The minimum Gasteiger partial charge on any atom is -0.279 e. The van der Waals surface area contributed by atoms with Crippen LogP contribution < -0.4 is 4.72 Å². The molecule has 2 aromatic rings. The van der Waals surface area contributed by atoms with E-state index < -0.39 is 10.0 Å². The predicted molar refractivity (Wildman–Crippen MR) is 77.8 cm³/mol. The highest BCUT2D eigenvalue weighted by atomic mass is 32.2. The molecule has 0 saturated heterocycles. The average Bonchev–Trinajstić information content (AvgIpc) is 2.39. The van der Waals surface area contributed by atoms with Gasteiger partial charge in [0.15, 0.2) is 0 Å². The maximum Gasteiger partial charge on any atom is 0.261 e. The quantitative estimate of drug-likeness (QED) is 0.926. The van der Waals surface area contributed by atoms with Gasteiger partial charge in [-0.2, -0.15) is 0 Å². The number of sulfonamides is 1. The zero-order valence-corrected chi connectivity index (χ0v) is 11.8. The van der Waals surface area contributed by atoms with Crippen molar-refractivity contribution in [2.45, 2.75) is 24.7 Å². The molecule has 0 spiro atoms. The number of rotatable bonds is 4. The first-order chi connectivity index (χ1) is 9.00. The van der Waals surface area contributed by atoms with Crippen molar-refractivity contribution in [3.8, 4) is 0 Å². The second-order valence-electron chi connectivity index (χ2n) is 4.66. The van der Waals surface area contributed by atoms with Crippen LogP contribution in [-0.2, 0) is 10.0 Å². The summed E-state index contributed by atoms with van der Waals surface area (Å²) in [5.41, 5.74) is 1.63. The summed E-state index contributed by atoms with van der Waals surface area (Å²) < 4.78 is 27.2. The van der Waals surface area contributed by atoms with Gasteiger partial charge in [-0.3, -0.25) is 4.72 Å². The molecule has 0 saturated carbocycles. The molecular weight excluding hydrogens is 258 g/mol. The molecule has 0 aromatic heterocycles. The summed E-state index contributed by atoms with van der Waals surface area (Å²) >= 11 is 0. The maximum absolute atomic E-state index is 12.3. The first-order valence-electron chi connectivity index (χ1n) is 6.17. The average molecular weight is 275 g/mol. The summed E-state index contributed by atoms with van der Waals surface area (Å²) in [7, 11) is -3.52. The van der Waals surface area contributed by atoms with Gasteiger partial charge in [0.25, 0.3) is 10.0 Å². The molecule has 3 nitrogen and oxygen atoms in total. The van der Waals surface area contributed by atoms with Crippen molar-refractivity contribution in [3.63, 3.8) is 0 Å². The molecule has 0 aliphatic heterocycles. The van der Waals surface area contributed by atoms with Crippen LogP contribution in [0.3, 0.4) is 0 Å². The van der Waals surface area contributed by atoms with E-state index in [1.807, 2.05) is 32.0 Å². The van der Waals surface area contributed by atoms with E-state index in [4.69, 9.17) is 0 Å². The SMILES string of the molecule is CC(C)c1ccccc1NS(=O)(=O)c1ccccc1. The molecule has 2 rings (SSSR count). The molecule has 0 unspecified atom stereocenters. The minimum atomic E-state index is -3.52. The van der Waals surface area contributed by atoms with Gasteiger partial charge >= 0.3 is 0 Å². The van der Waals surface area contributed by atoms with Crippen molar-refractivity contribution >= 4 is 15.7 Å². The summed E-state index contributed by atoms with van der Waals surface area (Å²) in [6.07, 6.45) is 0. The van der Waals surface area contributed by atoms with Crippen molar-refractivity contribution in [1.29, 1.82) is 0 Å². The number of anilines is 1. The molecule has 0 fully saturated rings. The van der Waals surface area contributed by atoms with Crippen LogP contribution in [0, 0.1) is 0 Å². The molecule has 0 aliphatic carbocycles. The third kappa shape index (κ3) is 3.15. The molecule has 0 atom stereocenters. The first kappa shape index (κ1) is 13.6. The largest absolute Gasteiger partial charge is 0.279 e. The summed E-state index contributed by atoms with van der Waals surface area (Å²) in [4.78, 5) is 0.272. The van der Waals surface area contributed by atoms with Crippen LogP contribution in [0.4, 0.5) is 5.69 Å². The summed E-state index contributed by atoms with van der Waals surface area (Å²) in [5.74, 6) is 0.259. The van der Waals surface area contributed by atoms with Crippen LogP contribution >= 0.6 is 0 Å². The van der Waals surface area contributed by atoms with Gasteiger partial charge in [0, 0.05) is 0 Å². The fourth-order valence-electron chi connectivity index (χ4n) is 1.90. The number of hydrogen-bond donors (Lipinski definition) is 1. The van der Waals surface area contributed by atoms with E-state index in [0.717, 1.165) is 5.56 Å². The Labute approximate surface area is 114 Å². The number of hydrogen-bond acceptors (Lipinski definition) is 2. The topological polar surface area (TPSA) is 46.2 Å². The molecular formula is C15H17NO2S. The third-order valence-corrected chi connectivity index (χ3v) is 4.26. The van der Waals surface area contributed by atoms with E-state index in [1.54, 1.807) is 36.4 Å². The summed E-state index contributed by atoms with van der Waals surface area (Å²) in [5, 5.41) is 0. The van der Waals surface area contributed by atoms with Gasteiger partial charge in [0.2, 0.25) is 0 Å². The monoisotopic (exact) mass is 275 g/mol. The maximum atomic E-state index is 12.3. The van der Waals surface area contributed by atoms with Crippen LogP contribution in [0.5, 0.6) is 0 Å². The number of nitrogens with one attached hydrogen (secondary N) is 1. The Morgan fingerprint density at radius 1 is 0.895 bits per heavy atom. The van der Waals surface area contributed by atoms with Gasteiger partial charge in [-0.1, -0.05) is 50.2 Å². The lowest BCUT2D eigenvalue weighted by molar-refractivity contribution is 0.601. The summed E-state index contributed by atoms with van der Waals surface area (Å²) in [6, 6.07) is 15.8. The number of para-hydroxylation sites is 1. The van der Waals surface area contributed by atoms with Crippen LogP contribution in [0.2, 0.25) is 0 Å². The van der Waals surface area contributed by atoms with Crippen LogP contribution in [0.1, 0.15) is 25.3 Å². The second-order valence-corrected chi connectivity index (χ2v) is 6.34. The van der Waals surface area contributed by atoms with Gasteiger partial charge in [-0.05, 0) is 29.7 Å². The molecule has 0 amide bonds. The normalized spacial score (nSPS) is 11.5. The standard InChI is InChI=1S/C15H17NO2S/c1-12(2)14-10-6-7-11-15(14)16-19(17,18)13-8-4-3-5-9-13/h3-12,16H,1-2H3. The Morgan fingerprint density at radius 2 is 1.47 bits per heavy atom. The van der Waals surface area contributed by atoms with Crippen molar-refractivity contribution < 1.29 is 8.42 Å². The fourth-order valence-corrected chi connectivity index (χ4v) is 3.01. The van der Waals surface area contributed by atoms with E-state index in [2.05, 4.69) is 4.72 Å². The van der Waals surface area contributed by atoms with E-state index in [9.17, 15) is 8.42 Å². The zero-order valence-electron chi connectivity index (χ0n) is 11.0. The van der Waals surface area contributed by atoms with Gasteiger partial charge in [-0.25, -0.2) is 8.42 Å². The van der Waals surface area contributed by atoms with Gasteiger partial charge in [-0.15, -0.1) is 0 Å². The lowest BCUT2D eigenvalue weighted by Gasteiger charge is -2.14. The molecule has 0 heterocycles. The Hall–Kier alpha value is -1.81. The Morgan fingerprint density at radius 3 is 2.11 bits per heavy atom. The molecule has 2 aromatic carbocycles. The third-order valence-electron chi connectivity index (χ3n) is 2.88. The fraction of sp³-hybridized carbons (Fsp3) is 0.200. The first-order valence-corrected chi connectivity index (χ1v) is 7.66. The van der Waals surface area contributed by atoms with Crippen LogP contribution in [0.15, 0.2) is 59.5 Å². The van der Waals surface area contributed by atoms with Gasteiger partial charge in [0.1, 0.15) is 0 Å². The lowest BCUT2D eigenvalue weighted by Crippen LogP contribution is -2.14. The van der Waals surface area contributed by atoms with Crippen LogP contribution in [0.25, 0.3) is 0 Å². The summed E-state index contributed by atoms with van der Waals surface area (Å²) in [6.45, 7) is 4.07. The predicted octanol–water partition coefficient (Wildman–Crippen LogP) is 3.61. The Balaban J connectivity index is 2.37. The highest BCUT2D eigenvalue weighted by Crippen LogP contribution is 2.25. The molecule has 19 heavy (non-hydrogen) atoms. The highest BCUT2D eigenvalue weighted by Gasteiger charge is 2.16. The van der Waals surface area contributed by atoms with Crippen molar-refractivity contribution in [2.24, 2.45) is 0 Å². The van der Waals surface area contributed by atoms with Crippen LogP contribution in [-0.4, -0.2) is 8.42 Å². The van der Waals surface area contributed by atoms with E-state index in [0.29, 0.717) is 5.69 Å². The van der Waals surface area contributed by atoms with E-state index in [-0.39, 0.29) is 10.8 Å². The second kappa shape index (κ2) is 5.45. The molecule has 0 radical (unpaired) electrons. The highest BCUT2D eigenvalue weighted by molar-refractivity contribution is 7.92. The van der Waals surface area contributed by atoms with Gasteiger partial charge < -0.3 is 0 Å². The van der Waals surface area contributed by atoms with Gasteiger partial charge in [0.05, 0.1) is 10.6 Å². The van der Waals surface area contributed by atoms with E-state index >= 15 is 0 Å². The Kier molecular flexibility index (Phi) is 3.90. The molecule has 0 bridgehead atoms. The minimum absolute atomic E-state index is 0.259. The lowest BCUT2D eigenvalue weighted by atomic mass is 10.0. The smallest absolute Gasteiger partial charge is 0.261 e. The van der Waals surface area contributed by atoms with Crippen molar-refractivity contribution in [2.75, 3.05) is 4.72 Å². The molecule has 4 heteroatoms. The zero-order chi connectivity index (χ0) is 13.9.